The lowest BCUT2D eigenvalue weighted by molar-refractivity contribution is -0.129. The van der Waals surface area contributed by atoms with Crippen molar-refractivity contribution in [1.82, 2.24) is 15.5 Å². The largest absolute Gasteiger partial charge is 0.457 e. The highest BCUT2D eigenvalue weighted by Gasteiger charge is 2.25. The van der Waals surface area contributed by atoms with Crippen molar-refractivity contribution in [3.05, 3.63) is 60.2 Å². The number of benzene rings is 2. The van der Waals surface area contributed by atoms with E-state index in [9.17, 15) is 4.79 Å². The highest BCUT2D eigenvalue weighted by Crippen LogP contribution is 2.25. The van der Waals surface area contributed by atoms with E-state index in [1.165, 1.54) is 0 Å². The Morgan fingerprint density at radius 2 is 1.87 bits per heavy atom. The Kier molecular flexibility index (Phi) is 9.93. The normalized spacial score (nSPS) is 16.0. The summed E-state index contributed by atoms with van der Waals surface area (Å²) in [5, 5.41) is 6.77. The Morgan fingerprint density at radius 1 is 1.13 bits per heavy atom. The molecular formula is C23H31IN4O2. The van der Waals surface area contributed by atoms with Gasteiger partial charge in [-0.2, -0.15) is 0 Å². The Balaban J connectivity index is 0.00000320. The van der Waals surface area contributed by atoms with E-state index in [2.05, 4.69) is 10.6 Å². The third-order valence-corrected chi connectivity index (χ3v) is 4.88. The van der Waals surface area contributed by atoms with Crippen LogP contribution in [-0.4, -0.2) is 42.4 Å². The summed E-state index contributed by atoms with van der Waals surface area (Å²) in [6.45, 7) is 6.76. The van der Waals surface area contributed by atoms with Crippen LogP contribution in [0, 0.1) is 0 Å². The Morgan fingerprint density at radius 3 is 2.60 bits per heavy atom. The number of likely N-dealkylation sites (tertiary alicyclic amines) is 1. The molecule has 0 bridgehead atoms. The number of guanidine groups is 1. The van der Waals surface area contributed by atoms with E-state index in [0.29, 0.717) is 13.0 Å². The van der Waals surface area contributed by atoms with Crippen molar-refractivity contribution in [2.75, 3.05) is 19.6 Å². The number of carbonyl (C=O) groups is 1. The van der Waals surface area contributed by atoms with Crippen molar-refractivity contribution in [1.29, 1.82) is 0 Å². The fourth-order valence-electron chi connectivity index (χ4n) is 3.36. The minimum Gasteiger partial charge on any atom is -0.457 e. The molecule has 1 atom stereocenters. The molecule has 1 fully saturated rings. The fourth-order valence-corrected chi connectivity index (χ4v) is 3.36. The lowest BCUT2D eigenvalue weighted by Crippen LogP contribution is -2.45. The number of amides is 1. The number of carbonyl (C=O) groups excluding carboxylic acids is 1. The van der Waals surface area contributed by atoms with Gasteiger partial charge in [0, 0.05) is 37.7 Å². The first kappa shape index (κ1) is 24.0. The van der Waals surface area contributed by atoms with E-state index >= 15 is 0 Å². The molecule has 0 spiro atoms. The van der Waals surface area contributed by atoms with Crippen LogP contribution in [0.4, 0.5) is 0 Å². The van der Waals surface area contributed by atoms with Gasteiger partial charge in [0.2, 0.25) is 5.91 Å². The van der Waals surface area contributed by atoms with E-state index in [-0.39, 0.29) is 35.9 Å². The number of rotatable bonds is 7. The van der Waals surface area contributed by atoms with Gasteiger partial charge in [-0.05, 0) is 31.5 Å². The average Bonchev–Trinajstić information content (AvgIpc) is 3.22. The van der Waals surface area contributed by atoms with E-state index in [1.54, 1.807) is 0 Å². The SMILES string of the molecule is CCNC(=NCc1ccccc1Oc1ccccc1)NC1CCN(C(=O)CC)C1.I. The van der Waals surface area contributed by atoms with Crippen LogP contribution >= 0.6 is 24.0 Å². The minimum absolute atomic E-state index is 0. The first-order valence-corrected chi connectivity index (χ1v) is 10.3. The minimum atomic E-state index is 0. The maximum atomic E-state index is 11.9. The first-order chi connectivity index (χ1) is 14.2. The van der Waals surface area contributed by atoms with E-state index < -0.39 is 0 Å². The molecule has 2 N–H and O–H groups in total. The second-order valence-electron chi connectivity index (χ2n) is 7.04. The van der Waals surface area contributed by atoms with Gasteiger partial charge in [0.25, 0.3) is 0 Å². The molecule has 0 aliphatic carbocycles. The molecule has 0 radical (unpaired) electrons. The van der Waals surface area contributed by atoms with E-state index in [1.807, 2.05) is 73.3 Å². The maximum Gasteiger partial charge on any atom is 0.222 e. The molecule has 1 heterocycles. The van der Waals surface area contributed by atoms with Gasteiger partial charge in [-0.15, -0.1) is 24.0 Å². The molecule has 7 heteroatoms. The topological polar surface area (TPSA) is 66.0 Å². The first-order valence-electron chi connectivity index (χ1n) is 10.3. The van der Waals surface area contributed by atoms with Gasteiger partial charge in [-0.3, -0.25) is 4.79 Å². The molecule has 1 aliphatic rings. The second-order valence-corrected chi connectivity index (χ2v) is 7.04. The molecule has 2 aromatic carbocycles. The molecule has 1 unspecified atom stereocenters. The third kappa shape index (κ3) is 6.90. The molecule has 0 aromatic heterocycles. The van der Waals surface area contributed by atoms with Crippen LogP contribution in [0.5, 0.6) is 11.5 Å². The lowest BCUT2D eigenvalue weighted by Gasteiger charge is -2.19. The second kappa shape index (κ2) is 12.4. The number of halogens is 1. The summed E-state index contributed by atoms with van der Waals surface area (Å²) in [6.07, 6.45) is 1.49. The zero-order chi connectivity index (χ0) is 20.5. The number of hydrogen-bond donors (Lipinski definition) is 2. The Hall–Kier alpha value is -2.29. The van der Waals surface area contributed by atoms with Crippen LogP contribution in [0.25, 0.3) is 0 Å². The van der Waals surface area contributed by atoms with Crippen molar-refractivity contribution in [2.45, 2.75) is 39.3 Å². The quantitative estimate of drug-likeness (QED) is 0.326. The smallest absolute Gasteiger partial charge is 0.222 e. The molecule has 1 amide bonds. The molecule has 0 saturated carbocycles. The van der Waals surface area contributed by atoms with Crippen molar-refractivity contribution < 1.29 is 9.53 Å². The van der Waals surface area contributed by atoms with Crippen LogP contribution in [0.1, 0.15) is 32.3 Å². The molecule has 6 nitrogen and oxygen atoms in total. The summed E-state index contributed by atoms with van der Waals surface area (Å²) >= 11 is 0. The highest BCUT2D eigenvalue weighted by atomic mass is 127. The van der Waals surface area contributed by atoms with Gasteiger partial charge in [0.15, 0.2) is 5.96 Å². The average molecular weight is 522 g/mol. The van der Waals surface area contributed by atoms with E-state index in [4.69, 9.17) is 9.73 Å². The zero-order valence-electron chi connectivity index (χ0n) is 17.6. The summed E-state index contributed by atoms with van der Waals surface area (Å²) in [5.41, 5.74) is 1.02. The summed E-state index contributed by atoms with van der Waals surface area (Å²) in [4.78, 5) is 18.6. The van der Waals surface area contributed by atoms with Gasteiger partial charge < -0.3 is 20.3 Å². The van der Waals surface area contributed by atoms with Crippen LogP contribution in [0.3, 0.4) is 0 Å². The van der Waals surface area contributed by atoms with Gasteiger partial charge in [-0.1, -0.05) is 43.3 Å². The molecule has 1 saturated heterocycles. The Bertz CT molecular complexity index is 829. The molecule has 162 valence electrons. The summed E-state index contributed by atoms with van der Waals surface area (Å²) in [5.74, 6) is 2.58. The maximum absolute atomic E-state index is 11.9. The number of hydrogen-bond acceptors (Lipinski definition) is 3. The number of nitrogens with zero attached hydrogens (tertiary/aromatic N) is 2. The van der Waals surface area contributed by atoms with Crippen molar-refractivity contribution in [3.63, 3.8) is 0 Å². The lowest BCUT2D eigenvalue weighted by atomic mass is 10.2. The summed E-state index contributed by atoms with van der Waals surface area (Å²) in [6, 6.07) is 17.9. The molecule has 30 heavy (non-hydrogen) atoms. The van der Waals surface area contributed by atoms with Gasteiger partial charge in [0.05, 0.1) is 6.54 Å². The van der Waals surface area contributed by atoms with Gasteiger partial charge >= 0.3 is 0 Å². The highest BCUT2D eigenvalue weighted by molar-refractivity contribution is 14.0. The zero-order valence-corrected chi connectivity index (χ0v) is 20.0. The number of ether oxygens (including phenoxy) is 1. The van der Waals surface area contributed by atoms with Crippen LogP contribution < -0.4 is 15.4 Å². The van der Waals surface area contributed by atoms with Crippen LogP contribution in [0.15, 0.2) is 59.6 Å². The molecule has 2 aromatic rings. The number of para-hydroxylation sites is 2. The molecule has 1 aliphatic heterocycles. The Labute approximate surface area is 196 Å². The number of aliphatic imine (C=N–C) groups is 1. The van der Waals surface area contributed by atoms with Gasteiger partial charge in [-0.25, -0.2) is 4.99 Å². The predicted molar refractivity (Wildman–Crippen MR) is 132 cm³/mol. The van der Waals surface area contributed by atoms with Crippen LogP contribution in [0.2, 0.25) is 0 Å². The van der Waals surface area contributed by atoms with Crippen molar-refractivity contribution >= 4 is 35.8 Å². The monoisotopic (exact) mass is 522 g/mol. The van der Waals surface area contributed by atoms with Gasteiger partial charge in [0.1, 0.15) is 11.5 Å². The molecule has 3 rings (SSSR count). The third-order valence-electron chi connectivity index (χ3n) is 4.88. The summed E-state index contributed by atoms with van der Waals surface area (Å²) in [7, 11) is 0. The van der Waals surface area contributed by atoms with E-state index in [0.717, 1.165) is 49.1 Å². The number of nitrogens with one attached hydrogen (secondary N) is 2. The van der Waals surface area contributed by atoms with Crippen molar-refractivity contribution in [3.8, 4) is 11.5 Å². The fraction of sp³-hybridized carbons (Fsp3) is 0.391. The van der Waals surface area contributed by atoms with Crippen LogP contribution in [-0.2, 0) is 11.3 Å². The molecular weight excluding hydrogens is 491 g/mol. The van der Waals surface area contributed by atoms with Crippen molar-refractivity contribution in [2.24, 2.45) is 4.99 Å². The summed E-state index contributed by atoms with van der Waals surface area (Å²) < 4.78 is 6.03. The predicted octanol–water partition coefficient (Wildman–Crippen LogP) is 4.16. The standard InChI is InChI=1S/C23H30N4O2.HI/c1-3-22(28)27-15-14-19(17-27)26-23(24-4-2)25-16-18-10-8-9-13-21(18)29-20-11-6-5-7-12-20;/h5-13,19H,3-4,14-17H2,1-2H3,(H2,24,25,26);1H.